The number of amides is 1. The summed E-state index contributed by atoms with van der Waals surface area (Å²) >= 11 is 2.72. The molecule has 8 nitrogen and oxygen atoms in total. The van der Waals surface area contributed by atoms with Gasteiger partial charge in [-0.25, -0.2) is 13.8 Å². The minimum absolute atomic E-state index is 0.148. The van der Waals surface area contributed by atoms with Gasteiger partial charge in [-0.3, -0.25) is 9.36 Å². The summed E-state index contributed by atoms with van der Waals surface area (Å²) in [5, 5.41) is 11.5. The van der Waals surface area contributed by atoms with Crippen LogP contribution in [-0.2, 0) is 5.75 Å². The molecule has 0 saturated carbocycles. The van der Waals surface area contributed by atoms with E-state index >= 15 is 0 Å². The second-order valence-electron chi connectivity index (χ2n) is 8.72. The lowest BCUT2D eigenvalue weighted by atomic mass is 10.2. The maximum absolute atomic E-state index is 14.7. The molecule has 0 radical (unpaired) electrons. The minimum atomic E-state index is -0.413. The summed E-state index contributed by atoms with van der Waals surface area (Å²) in [4.78, 5) is 21.3. The Morgan fingerprint density at radius 2 is 1.64 bits per heavy atom. The van der Waals surface area contributed by atoms with Gasteiger partial charge in [0.25, 0.3) is 5.91 Å². The van der Waals surface area contributed by atoms with Gasteiger partial charge in [0.2, 0.25) is 5.82 Å². The fraction of sp³-hybridized carbons (Fsp3) is 0.185. The largest absolute Gasteiger partial charge is 0.461 e. The van der Waals surface area contributed by atoms with Gasteiger partial charge in [-0.05, 0) is 36.4 Å². The molecule has 198 valence electrons. The molecular formula is C27H22F2N6O2S2. The standard InChI is InChI=1S/C27H22F2N6O2S2/c28-18-6-1-3-8-21(18)33-11-13-34(14-12-33)26(36)20-16-38-24(30-20)17-39-27-32-31-25(23-10-5-15-37-23)35(27)22-9-4-2-7-19(22)29/h1-10,15-16H,11-14,17H2. The molecule has 1 aliphatic heterocycles. The molecule has 0 aliphatic carbocycles. The zero-order valence-corrected chi connectivity index (χ0v) is 22.2. The Morgan fingerprint density at radius 1 is 0.923 bits per heavy atom. The van der Waals surface area contributed by atoms with Gasteiger partial charge in [-0.15, -0.1) is 21.5 Å². The van der Waals surface area contributed by atoms with Crippen LogP contribution in [0.4, 0.5) is 14.5 Å². The van der Waals surface area contributed by atoms with Gasteiger partial charge >= 0.3 is 0 Å². The van der Waals surface area contributed by atoms with Crippen molar-refractivity contribution >= 4 is 34.7 Å². The first kappa shape index (κ1) is 25.3. The maximum atomic E-state index is 14.7. The second-order valence-corrected chi connectivity index (χ2v) is 10.6. The van der Waals surface area contributed by atoms with Gasteiger partial charge in [0.05, 0.1) is 23.4 Å². The lowest BCUT2D eigenvalue weighted by molar-refractivity contribution is 0.0741. The Morgan fingerprint density at radius 3 is 2.33 bits per heavy atom. The molecule has 0 spiro atoms. The van der Waals surface area contributed by atoms with Crippen molar-refractivity contribution in [1.82, 2.24) is 24.6 Å². The van der Waals surface area contributed by atoms with Crippen LogP contribution in [0.5, 0.6) is 0 Å². The van der Waals surface area contributed by atoms with E-state index in [0.29, 0.717) is 65.7 Å². The number of halogens is 2. The van der Waals surface area contributed by atoms with Crippen LogP contribution in [-0.4, -0.2) is 56.7 Å². The summed E-state index contributed by atoms with van der Waals surface area (Å²) < 4.78 is 36.0. The third-order valence-corrected chi connectivity index (χ3v) is 8.30. The number of benzene rings is 2. The molecule has 2 aromatic carbocycles. The maximum Gasteiger partial charge on any atom is 0.273 e. The number of rotatable bonds is 7. The summed E-state index contributed by atoms with van der Waals surface area (Å²) in [5.41, 5.74) is 1.23. The van der Waals surface area contributed by atoms with Crippen LogP contribution in [0, 0.1) is 11.6 Å². The van der Waals surface area contributed by atoms with Crippen LogP contribution in [0.2, 0.25) is 0 Å². The molecule has 1 fully saturated rings. The van der Waals surface area contributed by atoms with Crippen LogP contribution in [0.25, 0.3) is 17.3 Å². The average molecular weight is 565 g/mol. The topological polar surface area (TPSA) is 80.3 Å². The fourth-order valence-corrected chi connectivity index (χ4v) is 6.13. The van der Waals surface area contributed by atoms with Gasteiger partial charge in [-0.2, -0.15) is 0 Å². The highest BCUT2D eigenvalue weighted by molar-refractivity contribution is 7.98. The third kappa shape index (κ3) is 5.17. The Bertz CT molecular complexity index is 1600. The normalized spacial score (nSPS) is 13.7. The van der Waals surface area contributed by atoms with E-state index in [9.17, 15) is 13.6 Å². The van der Waals surface area contributed by atoms with Gasteiger partial charge in [0.15, 0.2) is 10.9 Å². The summed E-state index contributed by atoms with van der Waals surface area (Å²) in [7, 11) is 0. The lowest BCUT2D eigenvalue weighted by Crippen LogP contribution is -2.49. The number of hydrogen-bond acceptors (Lipinski definition) is 8. The number of piperazine rings is 1. The number of thioether (sulfide) groups is 1. The average Bonchev–Trinajstić information content (AvgIpc) is 3.73. The SMILES string of the molecule is O=C(c1csc(CSc2nnc(-c3ccco3)n2-c2ccccc2F)n1)N1CCN(c2ccccc2F)CC1. The molecule has 1 saturated heterocycles. The van der Waals surface area contributed by atoms with Crippen LogP contribution < -0.4 is 4.90 Å². The first-order chi connectivity index (χ1) is 19.1. The van der Waals surface area contributed by atoms with Crippen molar-refractivity contribution < 1.29 is 18.0 Å². The van der Waals surface area contributed by atoms with E-state index in [-0.39, 0.29) is 11.7 Å². The molecule has 1 amide bonds. The Kier molecular flexibility index (Phi) is 7.12. The van der Waals surface area contributed by atoms with Crippen molar-refractivity contribution in [3.8, 4) is 17.3 Å². The van der Waals surface area contributed by atoms with Gasteiger partial charge in [0, 0.05) is 31.6 Å². The zero-order chi connectivity index (χ0) is 26.8. The number of para-hydroxylation sites is 2. The highest BCUT2D eigenvalue weighted by Crippen LogP contribution is 2.31. The van der Waals surface area contributed by atoms with Gasteiger partial charge < -0.3 is 14.2 Å². The summed E-state index contributed by atoms with van der Waals surface area (Å²) in [5.74, 6) is 0.450. The second kappa shape index (κ2) is 11.0. The Hall–Kier alpha value is -4.03. The molecule has 1 aliphatic rings. The molecule has 12 heteroatoms. The fourth-order valence-electron chi connectivity index (χ4n) is 4.40. The zero-order valence-electron chi connectivity index (χ0n) is 20.5. The van der Waals surface area contributed by atoms with E-state index in [1.165, 1.54) is 41.5 Å². The van der Waals surface area contributed by atoms with E-state index in [0.717, 1.165) is 5.01 Å². The smallest absolute Gasteiger partial charge is 0.273 e. The molecule has 5 aromatic rings. The number of thiazole rings is 1. The summed E-state index contributed by atoms with van der Waals surface area (Å²) in [6.45, 7) is 2.05. The van der Waals surface area contributed by atoms with Crippen molar-refractivity contribution in [3.05, 3.63) is 94.6 Å². The predicted octanol–water partition coefficient (Wildman–Crippen LogP) is 5.52. The predicted molar refractivity (Wildman–Crippen MR) is 145 cm³/mol. The monoisotopic (exact) mass is 564 g/mol. The van der Waals surface area contributed by atoms with Crippen LogP contribution in [0.15, 0.2) is 81.9 Å². The number of nitrogens with zero attached hydrogens (tertiary/aromatic N) is 6. The van der Waals surface area contributed by atoms with E-state index in [2.05, 4.69) is 15.2 Å². The first-order valence-corrected chi connectivity index (χ1v) is 14.0. The molecule has 0 unspecified atom stereocenters. The molecule has 39 heavy (non-hydrogen) atoms. The minimum Gasteiger partial charge on any atom is -0.461 e. The van der Waals surface area contributed by atoms with Crippen LogP contribution >= 0.6 is 23.1 Å². The van der Waals surface area contributed by atoms with E-state index in [1.807, 2.05) is 4.90 Å². The van der Waals surface area contributed by atoms with Crippen molar-refractivity contribution in [2.75, 3.05) is 31.1 Å². The van der Waals surface area contributed by atoms with Gasteiger partial charge in [0.1, 0.15) is 22.3 Å². The highest BCUT2D eigenvalue weighted by atomic mass is 32.2. The highest BCUT2D eigenvalue weighted by Gasteiger charge is 2.26. The summed E-state index contributed by atoms with van der Waals surface area (Å²) in [6, 6.07) is 16.5. The van der Waals surface area contributed by atoms with Gasteiger partial charge in [-0.1, -0.05) is 36.0 Å². The third-order valence-electron chi connectivity index (χ3n) is 6.32. The molecule has 0 atom stereocenters. The van der Waals surface area contributed by atoms with E-state index in [1.54, 1.807) is 63.4 Å². The van der Waals surface area contributed by atoms with Crippen molar-refractivity contribution in [2.24, 2.45) is 0 Å². The first-order valence-electron chi connectivity index (χ1n) is 12.2. The quantitative estimate of drug-likeness (QED) is 0.241. The Balaban J connectivity index is 1.14. The number of carbonyl (C=O) groups is 1. The summed E-state index contributed by atoms with van der Waals surface area (Å²) in [6.07, 6.45) is 1.52. The van der Waals surface area contributed by atoms with Crippen molar-refractivity contribution in [2.45, 2.75) is 10.9 Å². The van der Waals surface area contributed by atoms with Crippen molar-refractivity contribution in [3.63, 3.8) is 0 Å². The molecule has 3 aromatic heterocycles. The molecule has 6 rings (SSSR count). The molecular weight excluding hydrogens is 542 g/mol. The number of anilines is 1. The number of furan rings is 1. The number of hydrogen-bond donors (Lipinski definition) is 0. The molecule has 0 bridgehead atoms. The van der Waals surface area contributed by atoms with Crippen LogP contribution in [0.3, 0.4) is 0 Å². The van der Waals surface area contributed by atoms with E-state index < -0.39 is 5.82 Å². The number of aromatic nitrogens is 4. The Labute approximate surface area is 230 Å². The number of carbonyl (C=O) groups excluding carboxylic acids is 1. The lowest BCUT2D eigenvalue weighted by Gasteiger charge is -2.35. The molecule has 0 N–H and O–H groups in total. The van der Waals surface area contributed by atoms with Crippen LogP contribution in [0.1, 0.15) is 15.5 Å². The van der Waals surface area contributed by atoms with E-state index in [4.69, 9.17) is 4.42 Å². The van der Waals surface area contributed by atoms with Crippen molar-refractivity contribution in [1.29, 1.82) is 0 Å². The molecule has 4 heterocycles.